The molecule has 0 spiro atoms. The molecule has 0 radical (unpaired) electrons. The molecule has 2 aromatic carbocycles. The first kappa shape index (κ1) is 29.0. The normalized spacial score (nSPS) is 14.9. The monoisotopic (exact) mass is 553 g/mol. The van der Waals surface area contributed by atoms with Crippen LogP contribution in [0.4, 0.5) is 17.2 Å². The van der Waals surface area contributed by atoms with Crippen molar-refractivity contribution in [3.05, 3.63) is 83.0 Å². The second-order valence-electron chi connectivity index (χ2n) is 11.1. The van der Waals surface area contributed by atoms with Crippen molar-refractivity contribution in [1.29, 1.82) is 0 Å². The number of para-hydroxylation sites is 1. The van der Waals surface area contributed by atoms with Gasteiger partial charge in [-0.15, -0.1) is 0 Å². The maximum absolute atomic E-state index is 13.4. The van der Waals surface area contributed by atoms with Gasteiger partial charge in [0.2, 0.25) is 0 Å². The van der Waals surface area contributed by atoms with Gasteiger partial charge in [-0.25, -0.2) is 4.98 Å². The molecule has 1 saturated heterocycles. The molecule has 7 nitrogen and oxygen atoms in total. The lowest BCUT2D eigenvalue weighted by Gasteiger charge is -2.24. The Kier molecular flexibility index (Phi) is 10.2. The fourth-order valence-corrected chi connectivity index (χ4v) is 5.49. The van der Waals surface area contributed by atoms with Gasteiger partial charge in [-0.3, -0.25) is 9.79 Å². The van der Waals surface area contributed by atoms with Gasteiger partial charge in [-0.2, -0.15) is 0 Å². The fourth-order valence-electron chi connectivity index (χ4n) is 5.49. The van der Waals surface area contributed by atoms with Gasteiger partial charge in [0.05, 0.1) is 29.7 Å². The molecule has 1 fully saturated rings. The molecule has 0 atom stereocenters. The van der Waals surface area contributed by atoms with Crippen molar-refractivity contribution in [2.24, 2.45) is 4.99 Å². The second-order valence-corrected chi connectivity index (χ2v) is 11.1. The van der Waals surface area contributed by atoms with E-state index in [0.29, 0.717) is 24.7 Å². The first-order valence-corrected chi connectivity index (χ1v) is 15.3. The van der Waals surface area contributed by atoms with Crippen molar-refractivity contribution in [3.63, 3.8) is 0 Å². The summed E-state index contributed by atoms with van der Waals surface area (Å²) in [7, 11) is 0. The molecular weight excluding hydrogens is 510 g/mol. The van der Waals surface area contributed by atoms with Gasteiger partial charge in [0.1, 0.15) is 5.82 Å². The van der Waals surface area contributed by atoms with Crippen molar-refractivity contribution in [2.75, 3.05) is 36.4 Å². The third-order valence-electron chi connectivity index (χ3n) is 7.89. The number of hydrogen-bond donors (Lipinski definition) is 2. The number of ether oxygens (including phenoxy) is 1. The van der Waals surface area contributed by atoms with Crippen LogP contribution in [0.25, 0.3) is 0 Å². The van der Waals surface area contributed by atoms with Crippen LogP contribution < -0.4 is 15.5 Å². The zero-order valence-electron chi connectivity index (χ0n) is 24.5. The number of nitrogens with zero attached hydrogens (tertiary/aromatic N) is 3. The van der Waals surface area contributed by atoms with E-state index in [-0.39, 0.29) is 5.91 Å². The number of hydrogen-bond acceptors (Lipinski definition) is 6. The summed E-state index contributed by atoms with van der Waals surface area (Å²) >= 11 is 0. The maximum Gasteiger partial charge on any atom is 0.257 e. The predicted octanol–water partition coefficient (Wildman–Crippen LogP) is 6.69. The average molecular weight is 554 g/mol. The Bertz CT molecular complexity index is 1340. The standard InChI is InChI=1S/C34H43N5O2/c1-3-5-19-39(20-6-4-2)32-23-26(13-18-36-32)31-22-27-10-8-12-30(33(27)38-31)34(40)37-28-11-7-9-25(21-28)24-41-29-14-16-35-17-15-29/h7-13,18,21,23,29,35H,3-6,14-17,19-20,22,24H2,1-2H3,(H,37,40). The summed E-state index contributed by atoms with van der Waals surface area (Å²) in [5, 5.41) is 6.46. The number of nitrogens with one attached hydrogen (secondary N) is 2. The number of anilines is 2. The molecule has 1 amide bonds. The summed E-state index contributed by atoms with van der Waals surface area (Å²) in [6, 6.07) is 18.0. The minimum atomic E-state index is -0.149. The molecule has 41 heavy (non-hydrogen) atoms. The van der Waals surface area contributed by atoms with E-state index >= 15 is 0 Å². The van der Waals surface area contributed by atoms with Crippen molar-refractivity contribution < 1.29 is 9.53 Å². The molecule has 0 saturated carbocycles. The SMILES string of the molecule is CCCCN(CCCC)c1cc(C2=Nc3c(cccc3C(=O)Nc3cccc(COC4CCNCC4)c3)C2)ccn1. The largest absolute Gasteiger partial charge is 0.373 e. The van der Waals surface area contributed by atoms with Gasteiger partial charge in [0.15, 0.2) is 0 Å². The lowest BCUT2D eigenvalue weighted by molar-refractivity contribution is 0.0212. The number of piperidine rings is 1. The van der Waals surface area contributed by atoms with Crippen molar-refractivity contribution in [3.8, 4) is 0 Å². The van der Waals surface area contributed by atoms with E-state index in [1.165, 1.54) is 0 Å². The Hall–Kier alpha value is -3.55. The number of pyridine rings is 1. The number of aromatic nitrogens is 1. The van der Waals surface area contributed by atoms with Crippen LogP contribution >= 0.6 is 0 Å². The molecule has 216 valence electrons. The highest BCUT2D eigenvalue weighted by atomic mass is 16.5. The van der Waals surface area contributed by atoms with E-state index in [4.69, 9.17) is 14.7 Å². The maximum atomic E-state index is 13.4. The molecular formula is C34H43N5O2. The molecule has 7 heteroatoms. The highest BCUT2D eigenvalue weighted by molar-refractivity contribution is 6.13. The van der Waals surface area contributed by atoms with Crippen LogP contribution in [0.3, 0.4) is 0 Å². The summed E-state index contributed by atoms with van der Waals surface area (Å²) in [5.74, 6) is 0.856. The molecule has 3 heterocycles. The van der Waals surface area contributed by atoms with Crippen LogP contribution in [0.1, 0.15) is 79.4 Å². The molecule has 1 aromatic heterocycles. The third-order valence-corrected chi connectivity index (χ3v) is 7.89. The smallest absolute Gasteiger partial charge is 0.257 e. The van der Waals surface area contributed by atoms with Gasteiger partial charge < -0.3 is 20.3 Å². The minimum absolute atomic E-state index is 0.149. The number of carbonyl (C=O) groups is 1. The lowest BCUT2D eigenvalue weighted by atomic mass is 10.0. The van der Waals surface area contributed by atoms with Crippen LogP contribution in [0.15, 0.2) is 65.8 Å². The van der Waals surface area contributed by atoms with Gasteiger partial charge >= 0.3 is 0 Å². The Morgan fingerprint density at radius 1 is 1.02 bits per heavy atom. The van der Waals surface area contributed by atoms with Gasteiger partial charge in [0, 0.05) is 37.0 Å². The van der Waals surface area contributed by atoms with Crippen LogP contribution in [0.5, 0.6) is 0 Å². The van der Waals surface area contributed by atoms with E-state index < -0.39 is 0 Å². The number of aliphatic imine (C=N–C) groups is 1. The number of unbranched alkanes of at least 4 members (excludes halogenated alkanes) is 2. The fraction of sp³-hybridized carbons (Fsp3) is 0.441. The van der Waals surface area contributed by atoms with Crippen LogP contribution in [0.2, 0.25) is 0 Å². The van der Waals surface area contributed by atoms with E-state index in [1.807, 2.05) is 48.7 Å². The molecule has 2 aliphatic heterocycles. The van der Waals surface area contributed by atoms with Crippen LogP contribution in [-0.4, -0.2) is 48.9 Å². The van der Waals surface area contributed by atoms with Crippen LogP contribution in [0, 0.1) is 0 Å². The topological polar surface area (TPSA) is 78.9 Å². The Balaban J connectivity index is 1.29. The summed E-state index contributed by atoms with van der Waals surface area (Å²) in [5.41, 5.74) is 6.29. The third kappa shape index (κ3) is 7.60. The first-order chi connectivity index (χ1) is 20.1. The molecule has 2 N–H and O–H groups in total. The first-order valence-electron chi connectivity index (χ1n) is 15.3. The molecule has 2 aliphatic rings. The molecule has 0 unspecified atom stereocenters. The quantitative estimate of drug-likeness (QED) is 0.247. The zero-order valence-corrected chi connectivity index (χ0v) is 24.5. The number of carbonyl (C=O) groups excluding carboxylic acids is 1. The lowest BCUT2D eigenvalue weighted by Crippen LogP contribution is -2.32. The Labute approximate surface area is 244 Å². The van der Waals surface area contributed by atoms with Gasteiger partial charge in [-0.1, -0.05) is 51.0 Å². The Morgan fingerprint density at radius 2 is 1.80 bits per heavy atom. The Morgan fingerprint density at radius 3 is 2.59 bits per heavy atom. The van der Waals surface area contributed by atoms with Crippen molar-refractivity contribution in [1.82, 2.24) is 10.3 Å². The van der Waals surface area contributed by atoms with Gasteiger partial charge in [0.25, 0.3) is 5.91 Å². The predicted molar refractivity (Wildman–Crippen MR) is 168 cm³/mol. The van der Waals surface area contributed by atoms with Crippen molar-refractivity contribution >= 4 is 28.8 Å². The zero-order chi connectivity index (χ0) is 28.4. The molecule has 0 aliphatic carbocycles. The van der Waals surface area contributed by atoms with E-state index in [9.17, 15) is 4.79 Å². The second kappa shape index (κ2) is 14.4. The van der Waals surface area contributed by atoms with E-state index in [0.717, 1.165) is 104 Å². The minimum Gasteiger partial charge on any atom is -0.373 e. The molecule has 0 bridgehead atoms. The highest BCUT2D eigenvalue weighted by Crippen LogP contribution is 2.33. The summed E-state index contributed by atoms with van der Waals surface area (Å²) in [6.07, 6.45) is 9.56. The summed E-state index contributed by atoms with van der Waals surface area (Å²) < 4.78 is 6.11. The van der Waals surface area contributed by atoms with E-state index in [1.54, 1.807) is 0 Å². The number of benzene rings is 2. The van der Waals surface area contributed by atoms with Gasteiger partial charge in [-0.05, 0) is 80.2 Å². The average Bonchev–Trinajstić information content (AvgIpc) is 3.46. The molecule has 5 rings (SSSR count). The summed E-state index contributed by atoms with van der Waals surface area (Å²) in [6.45, 7) is 9.02. The van der Waals surface area contributed by atoms with Crippen molar-refractivity contribution in [2.45, 2.75) is 71.5 Å². The number of amides is 1. The number of fused-ring (bicyclic) bond motifs is 1. The summed E-state index contributed by atoms with van der Waals surface area (Å²) in [4.78, 5) is 25.5. The highest BCUT2D eigenvalue weighted by Gasteiger charge is 2.23. The van der Waals surface area contributed by atoms with Crippen LogP contribution in [-0.2, 0) is 17.8 Å². The molecule has 3 aromatic rings. The number of rotatable bonds is 13. The van der Waals surface area contributed by atoms with E-state index in [2.05, 4.69) is 41.5 Å².